The molecule has 0 aromatic rings. The molecule has 7 nitrogen and oxygen atoms in total. The molecule has 0 aromatic carbocycles. The van der Waals surface area contributed by atoms with E-state index in [1.807, 2.05) is 0 Å². The van der Waals surface area contributed by atoms with E-state index in [9.17, 15) is 9.59 Å². The van der Waals surface area contributed by atoms with Crippen molar-refractivity contribution in [3.8, 4) is 0 Å². The summed E-state index contributed by atoms with van der Waals surface area (Å²) in [5, 5.41) is 15.6. The topological polar surface area (TPSA) is 108 Å². The van der Waals surface area contributed by atoms with E-state index >= 15 is 0 Å². The fourth-order valence-electron chi connectivity index (χ4n) is 0.351. The summed E-state index contributed by atoms with van der Waals surface area (Å²) < 4.78 is 0. The average Bonchev–Trinajstić information content (AvgIpc) is 2.18. The van der Waals surface area contributed by atoms with E-state index < -0.39 is 11.9 Å². The fourth-order valence-corrected chi connectivity index (χ4v) is 0.351. The normalized spacial score (nSPS) is 12.3. The second-order valence-corrected chi connectivity index (χ2v) is 1.81. The zero-order valence-corrected chi connectivity index (χ0v) is 6.95. The van der Waals surface area contributed by atoms with Gasteiger partial charge in [-0.1, -0.05) is 0 Å². The van der Waals surface area contributed by atoms with Crippen LogP contribution in [0.2, 0.25) is 0 Å². The summed E-state index contributed by atoms with van der Waals surface area (Å²) >= 11 is 0. The number of hydrogen-bond acceptors (Lipinski definition) is 5. The second-order valence-electron chi connectivity index (χ2n) is 1.81. The molecule has 1 aliphatic rings. The minimum Gasteiger partial charge on any atom is -0.478 e. The number of aliphatic carboxylic acids is 2. The van der Waals surface area contributed by atoms with Crippen LogP contribution in [0.25, 0.3) is 0 Å². The lowest BCUT2D eigenvalue weighted by Crippen LogP contribution is -2.08. The Morgan fingerprint density at radius 3 is 2.00 bits per heavy atom. The highest BCUT2D eigenvalue weighted by Crippen LogP contribution is 1.76. The summed E-state index contributed by atoms with van der Waals surface area (Å²) in [7, 11) is 0. The van der Waals surface area contributed by atoms with Crippen LogP contribution in [0.15, 0.2) is 29.6 Å². The van der Waals surface area contributed by atoms with Crippen LogP contribution in [0.1, 0.15) is 0 Å². The molecule has 0 radical (unpaired) electrons. The molecule has 0 atom stereocenters. The summed E-state index contributed by atoms with van der Waals surface area (Å²) in [4.78, 5) is 27.2. The zero-order valence-electron chi connectivity index (χ0n) is 6.95. The van der Waals surface area contributed by atoms with Crippen LogP contribution in [0, 0.1) is 0 Å². The van der Waals surface area contributed by atoms with Crippen LogP contribution >= 0.6 is 0 Å². The molecular formula is C7H8N2O5. The fraction of sp³-hybridized carbons (Fsp3) is 0. The molecule has 0 saturated heterocycles. The van der Waals surface area contributed by atoms with Gasteiger partial charge in [0.05, 0.1) is 6.20 Å². The number of carboxylic acids is 2. The molecule has 0 unspecified atom stereocenters. The lowest BCUT2D eigenvalue weighted by atomic mass is 10.5. The van der Waals surface area contributed by atoms with Crippen molar-refractivity contribution in [3.05, 3.63) is 24.6 Å². The van der Waals surface area contributed by atoms with Crippen LogP contribution in [0.3, 0.4) is 0 Å². The van der Waals surface area contributed by atoms with Gasteiger partial charge in [0.25, 0.3) is 0 Å². The van der Waals surface area contributed by atoms with Crippen LogP contribution in [-0.2, 0) is 14.4 Å². The van der Waals surface area contributed by atoms with Crippen molar-refractivity contribution in [2.45, 2.75) is 0 Å². The quantitative estimate of drug-likeness (QED) is 0.529. The summed E-state index contributed by atoms with van der Waals surface area (Å²) in [5.74, 6) is -2.51. The molecule has 14 heavy (non-hydrogen) atoms. The van der Waals surface area contributed by atoms with E-state index in [0.29, 0.717) is 12.2 Å². The van der Waals surface area contributed by atoms with Crippen molar-refractivity contribution >= 4 is 18.3 Å². The summed E-state index contributed by atoms with van der Waals surface area (Å²) in [5.41, 5.74) is 2.41. The first kappa shape index (κ1) is 11.7. The van der Waals surface area contributed by atoms with Gasteiger partial charge in [-0.15, -0.1) is 0 Å². The van der Waals surface area contributed by atoms with Gasteiger partial charge >= 0.3 is 11.9 Å². The minimum absolute atomic E-state index is 0.558. The van der Waals surface area contributed by atoms with Gasteiger partial charge in [-0.05, 0) is 0 Å². The maximum absolute atomic E-state index is 9.55. The van der Waals surface area contributed by atoms with Crippen molar-refractivity contribution in [1.82, 2.24) is 5.48 Å². The molecule has 1 aliphatic heterocycles. The van der Waals surface area contributed by atoms with Gasteiger partial charge in [0.15, 0.2) is 0 Å². The van der Waals surface area contributed by atoms with Gasteiger partial charge in [0.1, 0.15) is 12.6 Å². The Hall–Kier alpha value is -2.31. The third kappa shape index (κ3) is 9.69. The number of nitrogens with zero attached hydrogens (tertiary/aromatic N) is 1. The van der Waals surface area contributed by atoms with Crippen molar-refractivity contribution < 1.29 is 24.6 Å². The summed E-state index contributed by atoms with van der Waals surface area (Å²) in [6.07, 6.45) is 5.58. The lowest BCUT2D eigenvalue weighted by Gasteiger charge is -1.96. The summed E-state index contributed by atoms with van der Waals surface area (Å²) in [6.45, 7) is 0. The molecule has 1 heterocycles. The van der Waals surface area contributed by atoms with Gasteiger partial charge in [-0.3, -0.25) is 0 Å². The number of rotatable bonds is 2. The Kier molecular flexibility index (Phi) is 6.13. The standard InChI is InChI=1S/C4H4O4.C3H4N2O/c5-3(6)1-2-4(7)8;1-2-6-5-3-4-1/h1-2H,(H,5,6)(H,7,8);1-3H,(H,4,5)/b2-1+;. The van der Waals surface area contributed by atoms with E-state index in [0.717, 1.165) is 0 Å². The van der Waals surface area contributed by atoms with E-state index in [1.165, 1.54) is 12.6 Å². The molecule has 0 aromatic heterocycles. The second kappa shape index (κ2) is 7.35. The molecule has 0 saturated carbocycles. The molecule has 0 fully saturated rings. The first-order valence-electron chi connectivity index (χ1n) is 3.34. The van der Waals surface area contributed by atoms with Crippen LogP contribution < -0.4 is 5.48 Å². The van der Waals surface area contributed by atoms with Crippen molar-refractivity contribution in [1.29, 1.82) is 0 Å². The monoisotopic (exact) mass is 200 g/mol. The van der Waals surface area contributed by atoms with E-state index in [1.54, 1.807) is 6.20 Å². The Morgan fingerprint density at radius 1 is 1.29 bits per heavy atom. The number of hydroxylamine groups is 1. The summed E-state index contributed by atoms with van der Waals surface area (Å²) in [6, 6.07) is 0. The maximum Gasteiger partial charge on any atom is 0.328 e. The number of carbonyl (C=O) groups is 2. The number of nitrogens with one attached hydrogen (secondary N) is 1. The molecule has 7 heteroatoms. The van der Waals surface area contributed by atoms with E-state index in [-0.39, 0.29) is 0 Å². The minimum atomic E-state index is -1.26. The largest absolute Gasteiger partial charge is 0.478 e. The average molecular weight is 200 g/mol. The van der Waals surface area contributed by atoms with E-state index in [2.05, 4.69) is 15.3 Å². The van der Waals surface area contributed by atoms with Gasteiger partial charge < -0.3 is 15.1 Å². The Morgan fingerprint density at radius 2 is 1.86 bits per heavy atom. The van der Waals surface area contributed by atoms with E-state index in [4.69, 9.17) is 10.2 Å². The Balaban J connectivity index is 0.000000249. The first-order valence-corrected chi connectivity index (χ1v) is 3.34. The predicted molar refractivity (Wildman–Crippen MR) is 46.3 cm³/mol. The highest BCUT2D eigenvalue weighted by atomic mass is 16.6. The molecular weight excluding hydrogens is 192 g/mol. The van der Waals surface area contributed by atoms with Crippen LogP contribution in [0.5, 0.6) is 0 Å². The highest BCUT2D eigenvalue weighted by Gasteiger charge is 1.88. The SMILES string of the molecule is C1=CONC=N1.O=C(O)/C=C/C(=O)O. The molecule has 0 amide bonds. The van der Waals surface area contributed by atoms with Crippen LogP contribution in [-0.4, -0.2) is 28.5 Å². The van der Waals surface area contributed by atoms with Crippen LogP contribution in [0.4, 0.5) is 0 Å². The van der Waals surface area contributed by atoms with Gasteiger partial charge in [-0.25, -0.2) is 20.1 Å². The maximum atomic E-state index is 9.55. The number of hydrogen-bond donors (Lipinski definition) is 3. The lowest BCUT2D eigenvalue weighted by molar-refractivity contribution is -0.134. The van der Waals surface area contributed by atoms with Gasteiger partial charge in [-0.2, -0.15) is 0 Å². The molecule has 76 valence electrons. The third-order valence-corrected chi connectivity index (χ3v) is 0.779. The smallest absolute Gasteiger partial charge is 0.328 e. The highest BCUT2D eigenvalue weighted by molar-refractivity contribution is 5.89. The van der Waals surface area contributed by atoms with Gasteiger partial charge in [0, 0.05) is 12.2 Å². The molecule has 3 N–H and O–H groups in total. The Bertz CT molecular complexity index is 254. The molecule has 0 bridgehead atoms. The number of carboxylic acid groups (broad SMARTS) is 2. The Labute approximate surface area is 79.0 Å². The molecule has 1 rings (SSSR count). The van der Waals surface area contributed by atoms with Crippen molar-refractivity contribution in [2.75, 3.05) is 0 Å². The van der Waals surface area contributed by atoms with Crippen molar-refractivity contribution in [2.24, 2.45) is 4.99 Å². The van der Waals surface area contributed by atoms with Gasteiger partial charge in [0.2, 0.25) is 0 Å². The molecule has 0 spiro atoms. The zero-order chi connectivity index (χ0) is 10.8. The van der Waals surface area contributed by atoms with Crippen molar-refractivity contribution in [3.63, 3.8) is 0 Å². The number of aliphatic imine (C=N–C) groups is 1. The molecule has 0 aliphatic carbocycles. The first-order chi connectivity index (χ1) is 6.63. The third-order valence-electron chi connectivity index (χ3n) is 0.779. The predicted octanol–water partition coefficient (Wildman–Crippen LogP) is -0.268.